The number of alkyl halides is 1. The number of benzene rings is 1. The normalized spacial score (nSPS) is 12.0. The minimum absolute atomic E-state index is 0.0453. The quantitative estimate of drug-likeness (QED) is 0.878. The first kappa shape index (κ1) is 15.2. The first-order valence-corrected chi connectivity index (χ1v) is 6.20. The number of hydrogen-bond donors (Lipinski definition) is 1. The lowest BCUT2D eigenvalue weighted by Gasteiger charge is -2.13. The SMILES string of the molecule is COc1cc(OC)nc(C(F)c2c(F)ccc(Cl)c2N)n1. The van der Waals surface area contributed by atoms with Crippen LogP contribution in [0.15, 0.2) is 18.2 Å². The van der Waals surface area contributed by atoms with E-state index >= 15 is 0 Å². The molecule has 0 aliphatic heterocycles. The number of nitrogen functional groups attached to an aromatic ring is 1. The zero-order valence-electron chi connectivity index (χ0n) is 11.2. The number of anilines is 1. The van der Waals surface area contributed by atoms with E-state index in [0.29, 0.717) is 0 Å². The van der Waals surface area contributed by atoms with Crippen molar-refractivity contribution in [1.29, 1.82) is 0 Å². The van der Waals surface area contributed by atoms with Gasteiger partial charge in [0.25, 0.3) is 0 Å². The van der Waals surface area contributed by atoms with Crippen LogP contribution in [-0.4, -0.2) is 24.2 Å². The second-order valence-corrected chi connectivity index (χ2v) is 4.44. The van der Waals surface area contributed by atoms with Crippen LogP contribution in [0.1, 0.15) is 17.6 Å². The summed E-state index contributed by atoms with van der Waals surface area (Å²) in [4.78, 5) is 7.67. The first-order valence-electron chi connectivity index (χ1n) is 5.82. The summed E-state index contributed by atoms with van der Waals surface area (Å²) in [5.74, 6) is -1.00. The van der Waals surface area contributed by atoms with Gasteiger partial charge >= 0.3 is 0 Å². The van der Waals surface area contributed by atoms with Crippen molar-refractivity contribution in [1.82, 2.24) is 9.97 Å². The van der Waals surface area contributed by atoms with E-state index in [1.165, 1.54) is 26.4 Å². The summed E-state index contributed by atoms with van der Waals surface area (Å²) in [7, 11) is 2.71. The van der Waals surface area contributed by atoms with E-state index in [0.717, 1.165) is 6.07 Å². The summed E-state index contributed by atoms with van der Waals surface area (Å²) in [5.41, 5.74) is 5.01. The third-order valence-corrected chi connectivity index (χ3v) is 3.11. The number of nitrogens with zero attached hydrogens (tertiary/aromatic N) is 2. The smallest absolute Gasteiger partial charge is 0.220 e. The van der Waals surface area contributed by atoms with Crippen molar-refractivity contribution in [2.75, 3.05) is 20.0 Å². The predicted octanol–water partition coefficient (Wildman–Crippen LogP) is 2.93. The highest BCUT2D eigenvalue weighted by Crippen LogP contribution is 2.35. The molecular formula is C13H12ClF2N3O2. The second kappa shape index (κ2) is 6.09. The molecule has 1 atom stereocenters. The molecule has 0 aliphatic rings. The fourth-order valence-corrected chi connectivity index (χ4v) is 1.88. The van der Waals surface area contributed by atoms with Gasteiger partial charge in [0.15, 0.2) is 12.0 Å². The van der Waals surface area contributed by atoms with Gasteiger partial charge in [0.1, 0.15) is 5.82 Å². The Kier molecular flexibility index (Phi) is 4.42. The summed E-state index contributed by atoms with van der Waals surface area (Å²) in [6.45, 7) is 0. The van der Waals surface area contributed by atoms with Crippen molar-refractivity contribution in [3.05, 3.63) is 40.4 Å². The van der Waals surface area contributed by atoms with Crippen LogP contribution in [0.2, 0.25) is 5.02 Å². The molecule has 2 aromatic rings. The topological polar surface area (TPSA) is 70.3 Å². The minimum atomic E-state index is -2.01. The Morgan fingerprint density at radius 3 is 2.29 bits per heavy atom. The molecule has 8 heteroatoms. The Labute approximate surface area is 124 Å². The van der Waals surface area contributed by atoms with Crippen LogP contribution < -0.4 is 15.2 Å². The van der Waals surface area contributed by atoms with E-state index < -0.39 is 17.6 Å². The molecule has 1 aromatic heterocycles. The lowest BCUT2D eigenvalue weighted by atomic mass is 10.1. The zero-order valence-corrected chi connectivity index (χ0v) is 12.0. The van der Waals surface area contributed by atoms with Crippen LogP contribution in [0.4, 0.5) is 14.5 Å². The number of nitrogens with two attached hydrogens (primary N) is 1. The zero-order chi connectivity index (χ0) is 15.6. The van der Waals surface area contributed by atoms with Gasteiger partial charge in [-0.2, -0.15) is 9.97 Å². The highest BCUT2D eigenvalue weighted by molar-refractivity contribution is 6.33. The molecule has 0 fully saturated rings. The lowest BCUT2D eigenvalue weighted by Crippen LogP contribution is -2.09. The molecule has 5 nitrogen and oxygen atoms in total. The fourth-order valence-electron chi connectivity index (χ4n) is 1.71. The average Bonchev–Trinajstić information content (AvgIpc) is 2.50. The molecule has 0 amide bonds. The lowest BCUT2D eigenvalue weighted by molar-refractivity contribution is 0.336. The Bertz CT molecular complexity index is 648. The summed E-state index contributed by atoms with van der Waals surface area (Å²) in [5, 5.41) is 0.0453. The average molecular weight is 316 g/mol. The molecule has 0 radical (unpaired) electrons. The van der Waals surface area contributed by atoms with E-state index in [4.69, 9.17) is 26.8 Å². The first-order chi connectivity index (χ1) is 9.97. The van der Waals surface area contributed by atoms with Gasteiger partial charge in [-0.1, -0.05) is 11.6 Å². The minimum Gasteiger partial charge on any atom is -0.481 e. The van der Waals surface area contributed by atoms with Crippen molar-refractivity contribution in [3.63, 3.8) is 0 Å². The Morgan fingerprint density at radius 1 is 1.19 bits per heavy atom. The van der Waals surface area contributed by atoms with Crippen molar-refractivity contribution in [2.45, 2.75) is 6.17 Å². The van der Waals surface area contributed by atoms with E-state index in [-0.39, 0.29) is 28.3 Å². The van der Waals surface area contributed by atoms with Crippen molar-refractivity contribution < 1.29 is 18.3 Å². The van der Waals surface area contributed by atoms with Gasteiger partial charge in [-0.3, -0.25) is 0 Å². The molecule has 2 rings (SSSR count). The molecule has 112 valence electrons. The molecule has 0 spiro atoms. The standard InChI is InChI=1S/C13H12ClF2N3O2/c1-20-8-5-9(21-2)19-13(18-8)11(16)10-7(15)4-3-6(14)12(10)17/h3-5,11H,17H2,1-2H3. The maximum atomic E-state index is 14.6. The fraction of sp³-hybridized carbons (Fsp3) is 0.231. The van der Waals surface area contributed by atoms with Gasteiger partial charge in [0.2, 0.25) is 11.8 Å². The summed E-state index contributed by atoms with van der Waals surface area (Å²) >= 11 is 5.79. The van der Waals surface area contributed by atoms with Crippen LogP contribution >= 0.6 is 11.6 Å². The van der Waals surface area contributed by atoms with E-state index in [1.807, 2.05) is 0 Å². The van der Waals surface area contributed by atoms with Gasteiger partial charge in [-0.25, -0.2) is 8.78 Å². The Morgan fingerprint density at radius 2 is 1.76 bits per heavy atom. The Balaban J connectivity index is 2.54. The maximum absolute atomic E-state index is 14.6. The van der Waals surface area contributed by atoms with Gasteiger partial charge in [-0.15, -0.1) is 0 Å². The highest BCUT2D eigenvalue weighted by atomic mass is 35.5. The van der Waals surface area contributed by atoms with Crippen LogP contribution in [0.25, 0.3) is 0 Å². The predicted molar refractivity (Wildman–Crippen MR) is 73.9 cm³/mol. The summed E-state index contributed by atoms with van der Waals surface area (Å²) in [6.07, 6.45) is -2.01. The van der Waals surface area contributed by atoms with Crippen LogP contribution in [0.3, 0.4) is 0 Å². The third kappa shape index (κ3) is 2.97. The van der Waals surface area contributed by atoms with E-state index in [9.17, 15) is 8.78 Å². The Hall–Kier alpha value is -2.15. The van der Waals surface area contributed by atoms with Crippen molar-refractivity contribution in [2.24, 2.45) is 0 Å². The maximum Gasteiger partial charge on any atom is 0.220 e. The molecule has 0 saturated heterocycles. The molecule has 21 heavy (non-hydrogen) atoms. The van der Waals surface area contributed by atoms with Gasteiger partial charge in [-0.05, 0) is 12.1 Å². The molecular weight excluding hydrogens is 304 g/mol. The van der Waals surface area contributed by atoms with Crippen molar-refractivity contribution >= 4 is 17.3 Å². The number of halogens is 3. The van der Waals surface area contributed by atoms with E-state index in [1.54, 1.807) is 0 Å². The largest absolute Gasteiger partial charge is 0.481 e. The second-order valence-electron chi connectivity index (χ2n) is 4.03. The monoisotopic (exact) mass is 315 g/mol. The molecule has 1 unspecified atom stereocenters. The molecule has 1 aromatic carbocycles. The number of ether oxygens (including phenoxy) is 2. The van der Waals surface area contributed by atoms with Crippen LogP contribution in [-0.2, 0) is 0 Å². The number of hydrogen-bond acceptors (Lipinski definition) is 5. The molecule has 1 heterocycles. The molecule has 2 N–H and O–H groups in total. The number of methoxy groups -OCH3 is 2. The van der Waals surface area contributed by atoms with Gasteiger partial charge in [0.05, 0.1) is 36.6 Å². The molecule has 0 bridgehead atoms. The number of rotatable bonds is 4. The highest BCUT2D eigenvalue weighted by Gasteiger charge is 2.25. The molecule has 0 aliphatic carbocycles. The van der Waals surface area contributed by atoms with Crippen molar-refractivity contribution in [3.8, 4) is 11.8 Å². The molecule has 0 saturated carbocycles. The summed E-state index contributed by atoms with van der Waals surface area (Å²) in [6, 6.07) is 3.64. The van der Waals surface area contributed by atoms with Crippen LogP contribution in [0.5, 0.6) is 11.8 Å². The summed E-state index contributed by atoms with van der Waals surface area (Å²) < 4.78 is 38.3. The van der Waals surface area contributed by atoms with Crippen LogP contribution in [0, 0.1) is 5.82 Å². The van der Waals surface area contributed by atoms with E-state index in [2.05, 4.69) is 9.97 Å². The van der Waals surface area contributed by atoms with Gasteiger partial charge in [0, 0.05) is 0 Å². The number of aromatic nitrogens is 2. The third-order valence-electron chi connectivity index (χ3n) is 2.78. The van der Waals surface area contributed by atoms with Gasteiger partial charge < -0.3 is 15.2 Å².